The van der Waals surface area contributed by atoms with E-state index in [0.29, 0.717) is 18.7 Å². The van der Waals surface area contributed by atoms with E-state index >= 15 is 0 Å². The molecule has 150 valence electrons. The Balaban J connectivity index is 1.24. The third kappa shape index (κ3) is 3.71. The molecule has 1 aliphatic carbocycles. The number of nitrogens with one attached hydrogen (secondary N) is 1. The number of benzene rings is 1. The van der Waals surface area contributed by atoms with Crippen molar-refractivity contribution in [1.29, 1.82) is 0 Å². The second-order valence-corrected chi connectivity index (χ2v) is 8.36. The average molecular weight is 390 g/mol. The Morgan fingerprint density at radius 1 is 1.10 bits per heavy atom. The van der Waals surface area contributed by atoms with E-state index in [9.17, 15) is 9.59 Å². The van der Waals surface area contributed by atoms with Crippen molar-refractivity contribution in [3.8, 4) is 0 Å². The maximum atomic E-state index is 12.8. The Labute approximate surface area is 170 Å². The number of fused-ring (bicyclic) bond motifs is 3. The van der Waals surface area contributed by atoms with Gasteiger partial charge in [-0.2, -0.15) is 0 Å². The third-order valence-corrected chi connectivity index (χ3v) is 6.26. The number of carbonyl (C=O) groups excluding carboxylic acids is 2. The molecular formula is C23H26N4O2. The van der Waals surface area contributed by atoms with Crippen LogP contribution in [-0.4, -0.2) is 53.9 Å². The minimum Gasteiger partial charge on any atom is -0.352 e. The van der Waals surface area contributed by atoms with Crippen molar-refractivity contribution in [3.63, 3.8) is 0 Å². The van der Waals surface area contributed by atoms with Gasteiger partial charge in [0, 0.05) is 37.9 Å². The molecule has 1 saturated heterocycles. The van der Waals surface area contributed by atoms with E-state index in [0.717, 1.165) is 48.8 Å². The molecule has 6 nitrogen and oxygen atoms in total. The zero-order chi connectivity index (χ0) is 19.8. The van der Waals surface area contributed by atoms with Crippen LogP contribution in [-0.2, 0) is 6.42 Å². The lowest BCUT2D eigenvalue weighted by atomic mass is 10.1. The Kier molecular flexibility index (Phi) is 4.70. The third-order valence-electron chi connectivity index (χ3n) is 6.26. The highest BCUT2D eigenvalue weighted by Crippen LogP contribution is 2.33. The summed E-state index contributed by atoms with van der Waals surface area (Å²) in [5.41, 5.74) is 2.48. The minimum atomic E-state index is -0.0355. The molecule has 2 amide bonds. The first-order valence-corrected chi connectivity index (χ1v) is 10.6. The molecule has 5 rings (SSSR count). The van der Waals surface area contributed by atoms with Gasteiger partial charge in [-0.05, 0) is 42.5 Å². The van der Waals surface area contributed by atoms with Gasteiger partial charge in [-0.1, -0.05) is 31.0 Å². The van der Waals surface area contributed by atoms with Crippen LogP contribution in [0.4, 0.5) is 5.82 Å². The van der Waals surface area contributed by atoms with Crippen molar-refractivity contribution in [3.05, 3.63) is 59.3 Å². The highest BCUT2D eigenvalue weighted by molar-refractivity contribution is 5.95. The molecule has 2 aromatic rings. The summed E-state index contributed by atoms with van der Waals surface area (Å²) in [6.07, 6.45) is 6.19. The molecule has 1 unspecified atom stereocenters. The molecule has 0 radical (unpaired) electrons. The lowest BCUT2D eigenvalue weighted by molar-refractivity contribution is 0.0724. The maximum absolute atomic E-state index is 12.8. The van der Waals surface area contributed by atoms with Crippen molar-refractivity contribution in [2.24, 2.45) is 5.92 Å². The van der Waals surface area contributed by atoms with Gasteiger partial charge in [0.25, 0.3) is 11.8 Å². The number of anilines is 1. The van der Waals surface area contributed by atoms with E-state index in [4.69, 9.17) is 0 Å². The Morgan fingerprint density at radius 3 is 2.72 bits per heavy atom. The highest BCUT2D eigenvalue weighted by atomic mass is 16.2. The number of nitrogens with zero attached hydrogens (tertiary/aromatic N) is 3. The predicted octanol–water partition coefficient (Wildman–Crippen LogP) is 2.50. The molecule has 0 spiro atoms. The number of amides is 2. The summed E-state index contributed by atoms with van der Waals surface area (Å²) in [7, 11) is 0. The Bertz CT molecular complexity index is 926. The molecule has 1 aromatic carbocycles. The van der Waals surface area contributed by atoms with Gasteiger partial charge in [0.05, 0.1) is 11.6 Å². The molecule has 2 aliphatic heterocycles. The number of pyridine rings is 1. The lowest BCUT2D eigenvalue weighted by Crippen LogP contribution is -2.53. The molecule has 0 bridgehead atoms. The molecule has 6 heteroatoms. The number of rotatable bonds is 5. The molecule has 1 saturated carbocycles. The number of hydrogen-bond acceptors (Lipinski definition) is 4. The molecule has 1 aromatic heterocycles. The van der Waals surface area contributed by atoms with Crippen molar-refractivity contribution in [1.82, 2.24) is 15.2 Å². The summed E-state index contributed by atoms with van der Waals surface area (Å²) in [6, 6.07) is 11.7. The van der Waals surface area contributed by atoms with Crippen molar-refractivity contribution >= 4 is 17.6 Å². The van der Waals surface area contributed by atoms with E-state index in [-0.39, 0.29) is 17.9 Å². The predicted molar refractivity (Wildman–Crippen MR) is 111 cm³/mol. The van der Waals surface area contributed by atoms with E-state index in [1.807, 2.05) is 41.3 Å². The molecule has 29 heavy (non-hydrogen) atoms. The van der Waals surface area contributed by atoms with Gasteiger partial charge in [0.2, 0.25) is 0 Å². The van der Waals surface area contributed by atoms with Crippen LogP contribution >= 0.6 is 0 Å². The van der Waals surface area contributed by atoms with Crippen molar-refractivity contribution in [2.45, 2.75) is 31.7 Å². The normalized spacial score (nSPS) is 20.2. The van der Waals surface area contributed by atoms with Crippen LogP contribution in [0, 0.1) is 5.92 Å². The smallest absolute Gasteiger partial charge is 0.253 e. The Morgan fingerprint density at radius 2 is 1.93 bits per heavy atom. The first-order chi connectivity index (χ1) is 14.2. The maximum Gasteiger partial charge on any atom is 0.253 e. The summed E-state index contributed by atoms with van der Waals surface area (Å²) >= 11 is 0. The first kappa shape index (κ1) is 18.2. The summed E-state index contributed by atoms with van der Waals surface area (Å²) in [5.74, 6) is 1.83. The Hall–Kier alpha value is -2.89. The molecule has 1 N–H and O–H groups in total. The van der Waals surface area contributed by atoms with E-state index < -0.39 is 0 Å². The second-order valence-electron chi connectivity index (χ2n) is 8.36. The van der Waals surface area contributed by atoms with Gasteiger partial charge in [0.1, 0.15) is 5.82 Å². The number of carbonyl (C=O) groups is 2. The quantitative estimate of drug-likeness (QED) is 0.852. The number of hydrogen-bond donors (Lipinski definition) is 1. The monoisotopic (exact) mass is 390 g/mol. The topological polar surface area (TPSA) is 65.5 Å². The van der Waals surface area contributed by atoms with Crippen LogP contribution < -0.4 is 10.2 Å². The van der Waals surface area contributed by atoms with Crippen molar-refractivity contribution in [2.75, 3.05) is 31.1 Å². The highest BCUT2D eigenvalue weighted by Gasteiger charge is 2.37. The van der Waals surface area contributed by atoms with Gasteiger partial charge in [-0.3, -0.25) is 9.59 Å². The molecule has 3 aliphatic rings. The van der Waals surface area contributed by atoms with Crippen LogP contribution in [0.1, 0.15) is 45.5 Å². The van der Waals surface area contributed by atoms with Gasteiger partial charge >= 0.3 is 0 Å². The van der Waals surface area contributed by atoms with E-state index in [1.54, 1.807) is 6.20 Å². The van der Waals surface area contributed by atoms with Crippen LogP contribution in [0.3, 0.4) is 0 Å². The van der Waals surface area contributed by atoms with E-state index in [2.05, 4.69) is 15.2 Å². The van der Waals surface area contributed by atoms with Crippen LogP contribution in [0.25, 0.3) is 0 Å². The van der Waals surface area contributed by atoms with Gasteiger partial charge in [-0.15, -0.1) is 0 Å². The summed E-state index contributed by atoms with van der Waals surface area (Å²) in [4.78, 5) is 34.1. The standard InChI is InChI=1S/C23H26N4O2/c28-22(24-9-8-16-6-7-16)19-12-18-13-20-15-26(10-11-27(20)21(18)25-14-19)23(29)17-4-2-1-3-5-17/h1-5,12,14,16,20H,6-11,13,15H2,(H,24,28). The number of piperazine rings is 1. The lowest BCUT2D eigenvalue weighted by Gasteiger charge is -2.38. The fourth-order valence-electron chi connectivity index (χ4n) is 4.44. The van der Waals surface area contributed by atoms with Gasteiger partial charge in [-0.25, -0.2) is 4.98 Å². The summed E-state index contributed by atoms with van der Waals surface area (Å²) < 4.78 is 0. The zero-order valence-electron chi connectivity index (χ0n) is 16.5. The molecule has 2 fully saturated rings. The fraction of sp³-hybridized carbons (Fsp3) is 0.435. The average Bonchev–Trinajstić information content (AvgIpc) is 3.51. The SMILES string of the molecule is O=C(NCCC1CC1)c1cnc2c(c1)CC1CN(C(=O)c3ccccc3)CCN21. The molecule has 3 heterocycles. The van der Waals surface area contributed by atoms with Gasteiger partial charge in [0.15, 0.2) is 0 Å². The number of aromatic nitrogens is 1. The van der Waals surface area contributed by atoms with Crippen LogP contribution in [0.15, 0.2) is 42.6 Å². The molecule has 1 atom stereocenters. The fourth-order valence-corrected chi connectivity index (χ4v) is 4.44. The summed E-state index contributed by atoms with van der Waals surface area (Å²) in [6.45, 7) is 2.89. The first-order valence-electron chi connectivity index (χ1n) is 10.6. The summed E-state index contributed by atoms with van der Waals surface area (Å²) in [5, 5.41) is 3.02. The van der Waals surface area contributed by atoms with Crippen LogP contribution in [0.5, 0.6) is 0 Å². The second kappa shape index (κ2) is 7.50. The largest absolute Gasteiger partial charge is 0.352 e. The van der Waals surface area contributed by atoms with E-state index in [1.165, 1.54) is 12.8 Å². The minimum absolute atomic E-state index is 0.0355. The molecular weight excluding hydrogens is 364 g/mol. The zero-order valence-corrected chi connectivity index (χ0v) is 16.5. The van der Waals surface area contributed by atoms with Gasteiger partial charge < -0.3 is 15.1 Å². The van der Waals surface area contributed by atoms with Crippen LogP contribution in [0.2, 0.25) is 0 Å². The van der Waals surface area contributed by atoms with Crippen molar-refractivity contribution < 1.29 is 9.59 Å².